The summed E-state index contributed by atoms with van der Waals surface area (Å²) in [6.45, 7) is 2.94. The number of fused-ring (bicyclic) bond motifs is 1. The average molecular weight is 296 g/mol. The van der Waals surface area contributed by atoms with Crippen molar-refractivity contribution in [1.82, 2.24) is 9.97 Å². The van der Waals surface area contributed by atoms with Gasteiger partial charge in [0.1, 0.15) is 0 Å². The van der Waals surface area contributed by atoms with Crippen LogP contribution < -0.4 is 10.9 Å². The maximum Gasteiger partial charge on any atom is 0.260 e. The Hall–Kier alpha value is -1.36. The van der Waals surface area contributed by atoms with Gasteiger partial charge in [0.25, 0.3) is 5.56 Å². The first-order valence-corrected chi connectivity index (χ1v) is 6.43. The Labute approximate surface area is 108 Å². The van der Waals surface area contributed by atoms with Gasteiger partial charge in [-0.1, -0.05) is 29.3 Å². The first kappa shape index (κ1) is 12.1. The van der Waals surface area contributed by atoms with Crippen molar-refractivity contribution >= 4 is 32.8 Å². The second kappa shape index (κ2) is 5.31. The van der Waals surface area contributed by atoms with Crippen molar-refractivity contribution in [1.29, 1.82) is 0 Å². The number of nitrogens with one attached hydrogen (secondary N) is 2. The highest BCUT2D eigenvalue weighted by Gasteiger charge is 2.03. The number of nitrogens with zero attached hydrogens (tertiary/aromatic N) is 1. The molecule has 0 radical (unpaired) electrons. The third kappa shape index (κ3) is 2.85. The van der Waals surface area contributed by atoms with Crippen LogP contribution in [0.1, 0.15) is 19.8 Å². The molecule has 2 N–H and O–H groups in total. The van der Waals surface area contributed by atoms with Gasteiger partial charge < -0.3 is 5.32 Å². The SMILES string of the molecule is CCCCNc1nc2ccc(Br)cc2c(=O)[nH]1. The molecule has 0 saturated heterocycles. The van der Waals surface area contributed by atoms with Crippen molar-refractivity contribution in [3.8, 4) is 0 Å². The molecule has 0 spiro atoms. The number of aromatic nitrogens is 2. The molecule has 90 valence electrons. The Kier molecular flexibility index (Phi) is 3.78. The molecule has 0 saturated carbocycles. The number of H-pyrrole nitrogens is 1. The fourth-order valence-corrected chi connectivity index (χ4v) is 1.94. The largest absolute Gasteiger partial charge is 0.356 e. The zero-order valence-corrected chi connectivity index (χ0v) is 11.2. The molecule has 0 aliphatic heterocycles. The maximum absolute atomic E-state index is 11.8. The number of anilines is 1. The lowest BCUT2D eigenvalue weighted by molar-refractivity contribution is 0.826. The first-order valence-electron chi connectivity index (χ1n) is 5.64. The van der Waals surface area contributed by atoms with Crippen molar-refractivity contribution in [3.63, 3.8) is 0 Å². The fourth-order valence-electron chi connectivity index (χ4n) is 1.58. The number of aromatic amines is 1. The van der Waals surface area contributed by atoms with Gasteiger partial charge in [0.2, 0.25) is 5.95 Å². The van der Waals surface area contributed by atoms with E-state index in [0.717, 1.165) is 23.9 Å². The molecule has 1 heterocycles. The summed E-state index contributed by atoms with van der Waals surface area (Å²) in [6.07, 6.45) is 2.17. The summed E-state index contributed by atoms with van der Waals surface area (Å²) in [7, 11) is 0. The Balaban J connectivity index is 2.35. The number of benzene rings is 1. The van der Waals surface area contributed by atoms with Gasteiger partial charge in [-0.3, -0.25) is 9.78 Å². The molecule has 1 aromatic carbocycles. The molecule has 1 aromatic heterocycles. The first-order chi connectivity index (χ1) is 8.20. The lowest BCUT2D eigenvalue weighted by Gasteiger charge is -2.05. The summed E-state index contributed by atoms with van der Waals surface area (Å²) in [5, 5.41) is 3.71. The van der Waals surface area contributed by atoms with Gasteiger partial charge in [0.15, 0.2) is 0 Å². The molecule has 0 bridgehead atoms. The summed E-state index contributed by atoms with van der Waals surface area (Å²) < 4.78 is 0.879. The van der Waals surface area contributed by atoms with Gasteiger partial charge in [-0.25, -0.2) is 4.98 Å². The molecule has 2 rings (SSSR count). The van der Waals surface area contributed by atoms with E-state index in [4.69, 9.17) is 0 Å². The van der Waals surface area contributed by atoms with Crippen molar-refractivity contribution in [2.24, 2.45) is 0 Å². The van der Waals surface area contributed by atoms with E-state index >= 15 is 0 Å². The van der Waals surface area contributed by atoms with E-state index < -0.39 is 0 Å². The Morgan fingerprint density at radius 1 is 1.47 bits per heavy atom. The van der Waals surface area contributed by atoms with Crippen molar-refractivity contribution < 1.29 is 0 Å². The summed E-state index contributed by atoms with van der Waals surface area (Å²) in [5.41, 5.74) is 0.589. The third-order valence-corrected chi connectivity index (χ3v) is 2.98. The van der Waals surface area contributed by atoms with Crippen LogP contribution in [0.5, 0.6) is 0 Å². The van der Waals surface area contributed by atoms with Crippen LogP contribution in [-0.2, 0) is 0 Å². The molecule has 0 fully saturated rings. The standard InChI is InChI=1S/C12H14BrN3O/c1-2-3-6-14-12-15-10-5-4-8(13)7-9(10)11(17)16-12/h4-5,7H,2-3,6H2,1H3,(H2,14,15,16,17). The van der Waals surface area contributed by atoms with Crippen molar-refractivity contribution in [2.45, 2.75) is 19.8 Å². The van der Waals surface area contributed by atoms with Crippen LogP contribution in [0.4, 0.5) is 5.95 Å². The van der Waals surface area contributed by atoms with Crippen molar-refractivity contribution in [2.75, 3.05) is 11.9 Å². The minimum Gasteiger partial charge on any atom is -0.356 e. The smallest absolute Gasteiger partial charge is 0.260 e. The van der Waals surface area contributed by atoms with Gasteiger partial charge in [0, 0.05) is 11.0 Å². The second-order valence-electron chi connectivity index (χ2n) is 3.86. The van der Waals surface area contributed by atoms with E-state index in [1.54, 1.807) is 6.07 Å². The van der Waals surface area contributed by atoms with Gasteiger partial charge in [0.05, 0.1) is 10.9 Å². The van der Waals surface area contributed by atoms with Crippen LogP contribution in [-0.4, -0.2) is 16.5 Å². The van der Waals surface area contributed by atoms with Gasteiger partial charge in [-0.15, -0.1) is 0 Å². The van der Waals surface area contributed by atoms with Crippen LogP contribution in [0, 0.1) is 0 Å². The predicted molar refractivity (Wildman–Crippen MR) is 73.5 cm³/mol. The molecule has 2 aromatic rings. The van der Waals surface area contributed by atoms with Crippen LogP contribution in [0.3, 0.4) is 0 Å². The molecule has 4 nitrogen and oxygen atoms in total. The molecule has 17 heavy (non-hydrogen) atoms. The zero-order chi connectivity index (χ0) is 12.3. The molecule has 0 atom stereocenters. The van der Waals surface area contributed by atoms with Gasteiger partial charge in [-0.2, -0.15) is 0 Å². The molecule has 0 unspecified atom stereocenters. The average Bonchev–Trinajstić information content (AvgIpc) is 2.31. The maximum atomic E-state index is 11.8. The molecule has 0 amide bonds. The normalized spacial score (nSPS) is 10.7. The number of hydrogen-bond donors (Lipinski definition) is 2. The number of rotatable bonds is 4. The fraction of sp³-hybridized carbons (Fsp3) is 0.333. The van der Waals surface area contributed by atoms with Crippen LogP contribution in [0.25, 0.3) is 10.9 Å². The zero-order valence-electron chi connectivity index (χ0n) is 9.59. The lowest BCUT2D eigenvalue weighted by Crippen LogP contribution is -2.13. The topological polar surface area (TPSA) is 57.8 Å². The van der Waals surface area contributed by atoms with E-state index in [2.05, 4.69) is 38.1 Å². The third-order valence-electron chi connectivity index (χ3n) is 2.49. The van der Waals surface area contributed by atoms with E-state index in [-0.39, 0.29) is 5.56 Å². The quantitative estimate of drug-likeness (QED) is 0.853. The Bertz CT molecular complexity index is 579. The van der Waals surface area contributed by atoms with E-state index in [1.165, 1.54) is 0 Å². The summed E-state index contributed by atoms with van der Waals surface area (Å²) in [5.74, 6) is 0.540. The second-order valence-corrected chi connectivity index (χ2v) is 4.77. The summed E-state index contributed by atoms with van der Waals surface area (Å²) in [6, 6.07) is 5.49. The minimum atomic E-state index is -0.115. The highest BCUT2D eigenvalue weighted by atomic mass is 79.9. The summed E-state index contributed by atoms with van der Waals surface area (Å²) >= 11 is 3.34. The number of hydrogen-bond acceptors (Lipinski definition) is 3. The minimum absolute atomic E-state index is 0.115. The highest BCUT2D eigenvalue weighted by Crippen LogP contribution is 2.15. The van der Waals surface area contributed by atoms with E-state index in [0.29, 0.717) is 16.9 Å². The molecular formula is C12H14BrN3O. The van der Waals surface area contributed by atoms with Crippen molar-refractivity contribution in [3.05, 3.63) is 33.0 Å². The van der Waals surface area contributed by atoms with E-state index in [1.807, 2.05) is 12.1 Å². The number of unbranched alkanes of at least 4 members (excludes halogenated alkanes) is 1. The van der Waals surface area contributed by atoms with Gasteiger partial charge >= 0.3 is 0 Å². The molecule has 0 aliphatic carbocycles. The highest BCUT2D eigenvalue weighted by molar-refractivity contribution is 9.10. The molecule has 5 heteroatoms. The Morgan fingerprint density at radius 3 is 3.06 bits per heavy atom. The predicted octanol–water partition coefficient (Wildman–Crippen LogP) is 2.90. The monoisotopic (exact) mass is 295 g/mol. The number of halogens is 1. The van der Waals surface area contributed by atoms with Crippen LogP contribution in [0.15, 0.2) is 27.5 Å². The van der Waals surface area contributed by atoms with Crippen LogP contribution in [0.2, 0.25) is 0 Å². The molecular weight excluding hydrogens is 282 g/mol. The van der Waals surface area contributed by atoms with Gasteiger partial charge in [-0.05, 0) is 24.6 Å². The molecule has 0 aliphatic rings. The Morgan fingerprint density at radius 2 is 2.29 bits per heavy atom. The van der Waals surface area contributed by atoms with Crippen LogP contribution >= 0.6 is 15.9 Å². The summed E-state index contributed by atoms with van der Waals surface area (Å²) in [4.78, 5) is 18.9. The van der Waals surface area contributed by atoms with E-state index in [9.17, 15) is 4.79 Å². The lowest BCUT2D eigenvalue weighted by atomic mass is 10.2.